The van der Waals surface area contributed by atoms with Gasteiger partial charge in [-0.25, -0.2) is 4.79 Å². The van der Waals surface area contributed by atoms with E-state index in [1.807, 2.05) is 20.8 Å². The molecule has 2 aliphatic rings. The number of carbonyl (C=O) groups is 2. The number of amides is 2. The van der Waals surface area contributed by atoms with Crippen LogP contribution in [0.4, 0.5) is 4.79 Å². The Labute approximate surface area is 113 Å². The number of rotatable bonds is 2. The normalized spacial score (nSPS) is 23.9. The van der Waals surface area contributed by atoms with Crippen LogP contribution in [0, 0.1) is 0 Å². The molecule has 6 nitrogen and oxygen atoms in total. The molecule has 1 unspecified atom stereocenters. The second kappa shape index (κ2) is 5.36. The Morgan fingerprint density at radius 3 is 2.58 bits per heavy atom. The van der Waals surface area contributed by atoms with E-state index in [0.29, 0.717) is 25.7 Å². The average molecular weight is 269 g/mol. The maximum Gasteiger partial charge on any atom is 0.410 e. The van der Waals surface area contributed by atoms with Crippen molar-refractivity contribution in [3.8, 4) is 0 Å². The van der Waals surface area contributed by atoms with Crippen LogP contribution in [0.2, 0.25) is 0 Å². The van der Waals surface area contributed by atoms with E-state index in [0.717, 1.165) is 12.8 Å². The Bertz CT molecular complexity index is 361. The van der Waals surface area contributed by atoms with Crippen molar-refractivity contribution in [2.45, 2.75) is 51.3 Å². The molecule has 1 saturated carbocycles. The highest BCUT2D eigenvalue weighted by Gasteiger charge is 2.33. The van der Waals surface area contributed by atoms with E-state index in [1.54, 1.807) is 4.90 Å². The third-order valence-electron chi connectivity index (χ3n) is 3.07. The van der Waals surface area contributed by atoms with Crippen LogP contribution in [0.15, 0.2) is 0 Å². The molecule has 6 heteroatoms. The van der Waals surface area contributed by atoms with Gasteiger partial charge in [-0.3, -0.25) is 4.79 Å². The second-order valence-electron chi connectivity index (χ2n) is 6.22. The number of hydrogen-bond acceptors (Lipinski definition) is 4. The molecule has 0 aromatic carbocycles. The van der Waals surface area contributed by atoms with E-state index in [4.69, 9.17) is 4.74 Å². The molecule has 19 heavy (non-hydrogen) atoms. The standard InChI is InChI=1S/C13H23N3O3/c1-13(2,3)19-12(18)16-7-6-14-10(8-16)11(17)15-9-4-5-9/h9-10,14H,4-8H2,1-3H3,(H,15,17). The van der Waals surface area contributed by atoms with Gasteiger partial charge in [0.2, 0.25) is 5.91 Å². The summed E-state index contributed by atoms with van der Waals surface area (Å²) in [6.07, 6.45) is 1.78. The summed E-state index contributed by atoms with van der Waals surface area (Å²) in [7, 11) is 0. The molecule has 0 spiro atoms. The number of nitrogens with zero attached hydrogens (tertiary/aromatic N) is 1. The fraction of sp³-hybridized carbons (Fsp3) is 0.846. The molecular formula is C13H23N3O3. The Balaban J connectivity index is 1.85. The highest BCUT2D eigenvalue weighted by atomic mass is 16.6. The van der Waals surface area contributed by atoms with Crippen molar-refractivity contribution in [1.29, 1.82) is 0 Å². The van der Waals surface area contributed by atoms with Crippen molar-refractivity contribution in [2.24, 2.45) is 0 Å². The first-order valence-corrected chi connectivity index (χ1v) is 6.87. The van der Waals surface area contributed by atoms with E-state index in [1.165, 1.54) is 0 Å². The molecule has 2 fully saturated rings. The largest absolute Gasteiger partial charge is 0.444 e. The monoisotopic (exact) mass is 269 g/mol. The highest BCUT2D eigenvalue weighted by molar-refractivity contribution is 5.83. The maximum absolute atomic E-state index is 12.0. The van der Waals surface area contributed by atoms with Crippen molar-refractivity contribution in [2.75, 3.05) is 19.6 Å². The minimum Gasteiger partial charge on any atom is -0.444 e. The summed E-state index contributed by atoms with van der Waals surface area (Å²) in [6.45, 7) is 7.07. The molecule has 1 heterocycles. The van der Waals surface area contributed by atoms with Gasteiger partial charge in [0.25, 0.3) is 0 Å². The van der Waals surface area contributed by atoms with Crippen molar-refractivity contribution in [3.05, 3.63) is 0 Å². The van der Waals surface area contributed by atoms with Gasteiger partial charge in [-0.1, -0.05) is 0 Å². The SMILES string of the molecule is CC(C)(C)OC(=O)N1CCNC(C(=O)NC2CC2)C1. The summed E-state index contributed by atoms with van der Waals surface area (Å²) in [6, 6.07) is 0.00747. The first kappa shape index (κ1) is 14.1. The van der Waals surface area contributed by atoms with E-state index in [-0.39, 0.29) is 18.0 Å². The van der Waals surface area contributed by atoms with Crippen molar-refractivity contribution < 1.29 is 14.3 Å². The Morgan fingerprint density at radius 1 is 1.32 bits per heavy atom. The van der Waals surface area contributed by atoms with Crippen LogP contribution in [0.5, 0.6) is 0 Å². The van der Waals surface area contributed by atoms with Crippen LogP contribution in [0.1, 0.15) is 33.6 Å². The van der Waals surface area contributed by atoms with E-state index >= 15 is 0 Å². The molecule has 1 aliphatic carbocycles. The Hall–Kier alpha value is -1.30. The number of nitrogens with one attached hydrogen (secondary N) is 2. The van der Waals surface area contributed by atoms with Crippen LogP contribution in [0.25, 0.3) is 0 Å². The van der Waals surface area contributed by atoms with Gasteiger partial charge in [0.15, 0.2) is 0 Å². The molecule has 2 amide bonds. The van der Waals surface area contributed by atoms with E-state index in [2.05, 4.69) is 10.6 Å². The number of hydrogen-bond donors (Lipinski definition) is 2. The number of ether oxygens (including phenoxy) is 1. The highest BCUT2D eigenvalue weighted by Crippen LogP contribution is 2.19. The summed E-state index contributed by atoms with van der Waals surface area (Å²) in [4.78, 5) is 25.5. The molecule has 108 valence electrons. The third kappa shape index (κ3) is 4.38. The minimum absolute atomic E-state index is 0.0178. The van der Waals surface area contributed by atoms with Gasteiger partial charge in [-0.2, -0.15) is 0 Å². The summed E-state index contributed by atoms with van der Waals surface area (Å²) in [5.41, 5.74) is -0.506. The molecular weight excluding hydrogens is 246 g/mol. The molecule has 0 aromatic heterocycles. The van der Waals surface area contributed by atoms with Crippen LogP contribution in [-0.4, -0.2) is 54.2 Å². The summed E-state index contributed by atoms with van der Waals surface area (Å²) in [5, 5.41) is 6.09. The van der Waals surface area contributed by atoms with Gasteiger partial charge in [-0.05, 0) is 33.6 Å². The quantitative estimate of drug-likeness (QED) is 0.764. The topological polar surface area (TPSA) is 70.7 Å². The molecule has 0 bridgehead atoms. The smallest absolute Gasteiger partial charge is 0.410 e. The van der Waals surface area contributed by atoms with Crippen LogP contribution in [-0.2, 0) is 9.53 Å². The molecule has 1 aliphatic heterocycles. The van der Waals surface area contributed by atoms with Crippen molar-refractivity contribution in [3.63, 3.8) is 0 Å². The minimum atomic E-state index is -0.506. The summed E-state index contributed by atoms with van der Waals surface area (Å²) < 4.78 is 5.33. The lowest BCUT2D eigenvalue weighted by Gasteiger charge is -2.34. The van der Waals surface area contributed by atoms with Gasteiger partial charge in [0.05, 0.1) is 0 Å². The Kier molecular flexibility index (Phi) is 3.99. The first-order valence-electron chi connectivity index (χ1n) is 6.87. The fourth-order valence-corrected chi connectivity index (χ4v) is 1.95. The van der Waals surface area contributed by atoms with E-state index in [9.17, 15) is 9.59 Å². The zero-order valence-electron chi connectivity index (χ0n) is 11.9. The molecule has 2 N–H and O–H groups in total. The zero-order valence-corrected chi connectivity index (χ0v) is 11.9. The number of piperazine rings is 1. The molecule has 0 aromatic rings. The first-order chi connectivity index (χ1) is 8.85. The molecule has 0 radical (unpaired) electrons. The lowest BCUT2D eigenvalue weighted by molar-refractivity contribution is -0.124. The van der Waals surface area contributed by atoms with Gasteiger partial charge < -0.3 is 20.3 Å². The van der Waals surface area contributed by atoms with Gasteiger partial charge in [0, 0.05) is 25.7 Å². The molecule has 2 rings (SSSR count). The van der Waals surface area contributed by atoms with Gasteiger partial charge in [0.1, 0.15) is 11.6 Å². The van der Waals surface area contributed by atoms with Crippen LogP contribution < -0.4 is 10.6 Å². The van der Waals surface area contributed by atoms with Gasteiger partial charge in [-0.15, -0.1) is 0 Å². The van der Waals surface area contributed by atoms with Crippen molar-refractivity contribution in [1.82, 2.24) is 15.5 Å². The third-order valence-corrected chi connectivity index (χ3v) is 3.07. The average Bonchev–Trinajstić information content (AvgIpc) is 3.11. The number of carbonyl (C=O) groups excluding carboxylic acids is 2. The second-order valence-corrected chi connectivity index (χ2v) is 6.22. The predicted molar refractivity (Wildman–Crippen MR) is 70.8 cm³/mol. The summed E-state index contributed by atoms with van der Waals surface area (Å²) in [5.74, 6) is -0.0178. The maximum atomic E-state index is 12.0. The van der Waals surface area contributed by atoms with Crippen molar-refractivity contribution >= 4 is 12.0 Å². The van der Waals surface area contributed by atoms with Crippen LogP contribution in [0.3, 0.4) is 0 Å². The fourth-order valence-electron chi connectivity index (χ4n) is 1.95. The van der Waals surface area contributed by atoms with Crippen LogP contribution >= 0.6 is 0 Å². The van der Waals surface area contributed by atoms with E-state index < -0.39 is 5.60 Å². The predicted octanol–water partition coefficient (Wildman–Crippen LogP) is 0.474. The molecule has 1 atom stereocenters. The Morgan fingerprint density at radius 2 is 2.00 bits per heavy atom. The lowest BCUT2D eigenvalue weighted by Crippen LogP contribution is -2.59. The summed E-state index contributed by atoms with van der Waals surface area (Å²) >= 11 is 0. The molecule has 1 saturated heterocycles. The lowest BCUT2D eigenvalue weighted by atomic mass is 10.2. The zero-order chi connectivity index (χ0) is 14.0. The van der Waals surface area contributed by atoms with Gasteiger partial charge >= 0.3 is 6.09 Å².